The predicted molar refractivity (Wildman–Crippen MR) is 141 cm³/mol. The van der Waals surface area contributed by atoms with E-state index in [0.29, 0.717) is 10.6 Å². The third kappa shape index (κ3) is 5.07. The molecule has 0 aliphatic heterocycles. The van der Waals surface area contributed by atoms with Crippen molar-refractivity contribution in [3.8, 4) is 0 Å². The molecule has 37 heavy (non-hydrogen) atoms. The molecule has 0 heterocycles. The van der Waals surface area contributed by atoms with Crippen molar-refractivity contribution in [3.05, 3.63) is 131 Å². The van der Waals surface area contributed by atoms with Crippen LogP contribution in [0.5, 0.6) is 0 Å². The lowest BCUT2D eigenvalue weighted by atomic mass is 9.91. The molecule has 4 aromatic rings. The molecule has 4 rings (SSSR count). The van der Waals surface area contributed by atoms with Crippen molar-refractivity contribution in [2.24, 2.45) is 0 Å². The first kappa shape index (κ1) is 27.0. The minimum atomic E-state index is -5.19. The van der Waals surface area contributed by atoms with Crippen LogP contribution in [0.25, 0.3) is 0 Å². The molecular weight excluding hydrogens is 535 g/mol. The van der Waals surface area contributed by atoms with Crippen molar-refractivity contribution in [2.75, 3.05) is 0 Å². The third-order valence-electron chi connectivity index (χ3n) is 6.17. The number of hydrogen-bond donors (Lipinski definition) is 1. The number of hydrogen-bond acceptors (Lipinski definition) is 5. The molecule has 0 saturated carbocycles. The number of sulfone groups is 2. The monoisotopic (exact) mass is 558 g/mol. The molecule has 5 nitrogen and oxygen atoms in total. The summed E-state index contributed by atoms with van der Waals surface area (Å²) in [5.41, 5.74) is 0.443. The van der Waals surface area contributed by atoms with Crippen LogP contribution in [0.4, 0.5) is 4.39 Å². The van der Waals surface area contributed by atoms with Gasteiger partial charge in [0.2, 0.25) is 19.7 Å². The van der Waals surface area contributed by atoms with Crippen LogP contribution in [0.2, 0.25) is 5.02 Å². The van der Waals surface area contributed by atoms with Crippen LogP contribution in [-0.4, -0.2) is 26.3 Å². The summed E-state index contributed by atoms with van der Waals surface area (Å²) in [5, 5.41) is 11.4. The summed E-state index contributed by atoms with van der Waals surface area (Å²) in [6.45, 7) is 0. The van der Waals surface area contributed by atoms with Crippen LogP contribution >= 0.6 is 11.6 Å². The maximum absolute atomic E-state index is 17.7. The van der Waals surface area contributed by atoms with E-state index in [9.17, 15) is 21.9 Å². The van der Waals surface area contributed by atoms with Gasteiger partial charge in [0.1, 0.15) is 0 Å². The maximum atomic E-state index is 17.7. The molecule has 0 fully saturated rings. The first-order chi connectivity index (χ1) is 17.6. The highest BCUT2D eigenvalue weighted by Gasteiger charge is 2.63. The summed E-state index contributed by atoms with van der Waals surface area (Å²) in [4.78, 5) is -0.990. The highest BCUT2D eigenvalue weighted by atomic mass is 35.5. The van der Waals surface area contributed by atoms with Gasteiger partial charge in [0.05, 0.1) is 21.8 Å². The molecule has 0 aliphatic rings. The fourth-order valence-corrected chi connectivity index (χ4v) is 8.99. The quantitative estimate of drug-likeness (QED) is 0.267. The molecule has 0 saturated heterocycles. The van der Waals surface area contributed by atoms with Gasteiger partial charge in [-0.15, -0.1) is 0 Å². The maximum Gasteiger partial charge on any atom is 0.324 e. The molecule has 2 unspecified atom stereocenters. The number of halogens is 2. The number of rotatable bonds is 9. The molecule has 9 heteroatoms. The van der Waals surface area contributed by atoms with Crippen molar-refractivity contribution in [1.29, 1.82) is 0 Å². The molecular formula is C28H24ClFO5S2. The summed E-state index contributed by atoms with van der Waals surface area (Å²) in [7, 11) is -10.4. The summed E-state index contributed by atoms with van der Waals surface area (Å²) in [5.74, 6) is -1.82. The Bertz CT molecular complexity index is 1480. The average Bonchev–Trinajstić information content (AvgIpc) is 2.93. The molecule has 0 amide bonds. The van der Waals surface area contributed by atoms with Gasteiger partial charge in [-0.25, -0.2) is 21.2 Å². The van der Waals surface area contributed by atoms with Crippen molar-refractivity contribution in [3.63, 3.8) is 0 Å². The molecule has 4 aromatic carbocycles. The van der Waals surface area contributed by atoms with E-state index in [1.165, 1.54) is 48.5 Å². The molecule has 1 N–H and O–H groups in total. The van der Waals surface area contributed by atoms with E-state index in [2.05, 4.69) is 0 Å². The minimum absolute atomic E-state index is 0.0564. The van der Waals surface area contributed by atoms with E-state index in [-0.39, 0.29) is 5.56 Å². The van der Waals surface area contributed by atoms with Crippen LogP contribution in [0, 0.1) is 0 Å². The summed E-state index contributed by atoms with van der Waals surface area (Å²) < 4.78 is 69.9. The SMILES string of the molecule is O=S(=O)(c1ccccc1)C(F)(C(CC(O)c1ccccc1)c1ccc(Cl)cc1)S(=O)(=O)c1ccccc1. The van der Waals surface area contributed by atoms with Gasteiger partial charge in [0, 0.05) is 5.02 Å². The molecule has 0 spiro atoms. The first-order valence-corrected chi connectivity index (χ1v) is 14.7. The Balaban J connectivity index is 2.01. The van der Waals surface area contributed by atoms with Gasteiger partial charge in [0.25, 0.3) is 0 Å². The number of alkyl halides is 1. The standard InChI is InChI=1S/C28H24ClFO5S2/c29-23-18-16-21(17-19-23)26(20-27(31)22-10-4-1-5-11-22)28(30,36(32,33)24-12-6-2-7-13-24)37(34,35)25-14-8-3-9-15-25/h1-19,26-27,31H,20H2. The summed E-state index contributed by atoms with van der Waals surface area (Å²) >= 11 is 6.02. The Morgan fingerprint density at radius 3 is 1.49 bits per heavy atom. The lowest BCUT2D eigenvalue weighted by molar-refractivity contribution is 0.140. The molecule has 0 aliphatic carbocycles. The van der Waals surface area contributed by atoms with Crippen molar-refractivity contribution >= 4 is 31.3 Å². The van der Waals surface area contributed by atoms with Gasteiger partial charge >= 0.3 is 4.33 Å². The zero-order valence-corrected chi connectivity index (χ0v) is 21.9. The van der Waals surface area contributed by atoms with Crippen molar-refractivity contribution in [2.45, 2.75) is 32.6 Å². The van der Waals surface area contributed by atoms with Gasteiger partial charge < -0.3 is 5.11 Å². The van der Waals surface area contributed by atoms with Crippen molar-refractivity contribution < 1.29 is 26.3 Å². The Kier molecular flexibility index (Phi) is 7.85. The zero-order chi connectivity index (χ0) is 26.7. The second kappa shape index (κ2) is 10.8. The second-order valence-corrected chi connectivity index (χ2v) is 13.3. The van der Waals surface area contributed by atoms with Crippen LogP contribution in [0.1, 0.15) is 29.6 Å². The zero-order valence-electron chi connectivity index (χ0n) is 19.5. The fourth-order valence-electron chi connectivity index (χ4n) is 4.25. The van der Waals surface area contributed by atoms with Crippen molar-refractivity contribution in [1.82, 2.24) is 0 Å². The lowest BCUT2D eigenvalue weighted by Crippen LogP contribution is -2.48. The first-order valence-electron chi connectivity index (χ1n) is 11.4. The molecule has 192 valence electrons. The minimum Gasteiger partial charge on any atom is -0.388 e. The molecule has 0 aromatic heterocycles. The smallest absolute Gasteiger partial charge is 0.324 e. The summed E-state index contributed by atoms with van der Waals surface area (Å²) in [6.07, 6.45) is -1.91. The van der Waals surface area contributed by atoms with Crippen LogP contribution in [0.3, 0.4) is 0 Å². The largest absolute Gasteiger partial charge is 0.388 e. The van der Waals surface area contributed by atoms with E-state index in [4.69, 9.17) is 11.6 Å². The highest BCUT2D eigenvalue weighted by molar-refractivity contribution is 8.10. The van der Waals surface area contributed by atoms with E-state index in [1.807, 2.05) is 0 Å². The second-order valence-electron chi connectivity index (χ2n) is 8.48. The Labute approximate surface area is 221 Å². The normalized spacial score (nSPS) is 14.1. The molecule has 0 bridgehead atoms. The Morgan fingerprint density at radius 1 is 0.649 bits per heavy atom. The van der Waals surface area contributed by atoms with Crippen LogP contribution in [0.15, 0.2) is 125 Å². The van der Waals surface area contributed by atoms with Gasteiger partial charge in [0.15, 0.2) is 0 Å². The van der Waals surface area contributed by atoms with E-state index in [0.717, 1.165) is 24.3 Å². The summed E-state index contributed by atoms with van der Waals surface area (Å²) in [6, 6.07) is 27.1. The Morgan fingerprint density at radius 2 is 1.05 bits per heavy atom. The fraction of sp³-hybridized carbons (Fsp3) is 0.143. The lowest BCUT2D eigenvalue weighted by Gasteiger charge is -2.34. The Hall–Kier alpha value is -3.04. The van der Waals surface area contributed by atoms with Gasteiger partial charge in [-0.2, -0.15) is 0 Å². The van der Waals surface area contributed by atoms with E-state index < -0.39 is 52.2 Å². The molecule has 0 radical (unpaired) electrons. The number of aliphatic hydroxyl groups is 1. The number of aliphatic hydroxyl groups excluding tert-OH is 1. The van der Waals surface area contributed by atoms with Gasteiger partial charge in [-0.3, -0.25) is 0 Å². The van der Waals surface area contributed by atoms with Gasteiger partial charge in [-0.1, -0.05) is 90.5 Å². The van der Waals surface area contributed by atoms with Gasteiger partial charge in [-0.05, 0) is 53.9 Å². The average molecular weight is 559 g/mol. The van der Waals surface area contributed by atoms with Crippen LogP contribution < -0.4 is 0 Å². The molecule has 2 atom stereocenters. The third-order valence-corrected chi connectivity index (χ3v) is 11.6. The van der Waals surface area contributed by atoms with E-state index >= 15 is 4.39 Å². The highest BCUT2D eigenvalue weighted by Crippen LogP contribution is 2.50. The number of benzene rings is 4. The van der Waals surface area contributed by atoms with Crippen LogP contribution in [-0.2, 0) is 19.7 Å². The topological polar surface area (TPSA) is 88.5 Å². The predicted octanol–water partition coefficient (Wildman–Crippen LogP) is 6.12. The van der Waals surface area contributed by atoms with E-state index in [1.54, 1.807) is 42.5 Å².